The van der Waals surface area contributed by atoms with E-state index in [1.165, 1.54) is 29.4 Å². The van der Waals surface area contributed by atoms with Crippen LogP contribution in [-0.4, -0.2) is 32.6 Å². The first kappa shape index (κ1) is 20.4. The fourth-order valence-electron chi connectivity index (χ4n) is 3.94. The van der Waals surface area contributed by atoms with E-state index in [0.29, 0.717) is 17.9 Å². The molecule has 3 aromatic carbocycles. The molecule has 0 bridgehead atoms. The monoisotopic (exact) mass is 413 g/mol. The summed E-state index contributed by atoms with van der Waals surface area (Å²) in [6.07, 6.45) is 3.92. The molecule has 0 radical (unpaired) electrons. The Morgan fingerprint density at radius 2 is 1.68 bits per heavy atom. The molecular formula is C26H23NO4. The van der Waals surface area contributed by atoms with E-state index in [1.807, 2.05) is 36.4 Å². The summed E-state index contributed by atoms with van der Waals surface area (Å²) in [5.74, 6) is 0.568. The molecule has 0 unspecified atom stereocenters. The minimum absolute atomic E-state index is 0.0368. The van der Waals surface area contributed by atoms with Gasteiger partial charge in [0.1, 0.15) is 12.4 Å². The zero-order chi connectivity index (χ0) is 21.6. The van der Waals surface area contributed by atoms with Gasteiger partial charge in [0.15, 0.2) is 6.29 Å². The van der Waals surface area contributed by atoms with Gasteiger partial charge in [-0.2, -0.15) is 0 Å². The number of aldehydes is 1. The van der Waals surface area contributed by atoms with Gasteiger partial charge in [0.2, 0.25) is 0 Å². The standard InChI is InChI=1S/C26H23NO4/c1-30-25-13-12-18(15-19(25)16-28)7-6-14-27-26(29)31-17-24-22-10-4-2-8-20(22)21-9-3-5-11-23(21)24/h2-13,15-16,24H,14,17H2,1H3,(H,27,29). The molecule has 4 rings (SSSR count). The molecule has 1 amide bonds. The van der Waals surface area contributed by atoms with E-state index >= 15 is 0 Å². The first-order valence-corrected chi connectivity index (χ1v) is 10.1. The average molecular weight is 413 g/mol. The van der Waals surface area contributed by atoms with Crippen molar-refractivity contribution in [1.29, 1.82) is 0 Å². The summed E-state index contributed by atoms with van der Waals surface area (Å²) in [5.41, 5.74) is 6.09. The lowest BCUT2D eigenvalue weighted by molar-refractivity contribution is 0.112. The minimum Gasteiger partial charge on any atom is -0.496 e. The molecule has 0 saturated heterocycles. The Balaban J connectivity index is 1.32. The van der Waals surface area contributed by atoms with Gasteiger partial charge < -0.3 is 14.8 Å². The molecule has 3 aromatic rings. The Morgan fingerprint density at radius 1 is 1.00 bits per heavy atom. The van der Waals surface area contributed by atoms with Crippen LogP contribution >= 0.6 is 0 Å². The highest BCUT2D eigenvalue weighted by atomic mass is 16.5. The number of fused-ring (bicyclic) bond motifs is 3. The summed E-state index contributed by atoms with van der Waals surface area (Å²) in [6, 6.07) is 21.8. The number of ether oxygens (including phenoxy) is 2. The number of rotatable bonds is 7. The summed E-state index contributed by atoms with van der Waals surface area (Å²) >= 11 is 0. The lowest BCUT2D eigenvalue weighted by Crippen LogP contribution is -2.26. The number of methoxy groups -OCH3 is 1. The number of amides is 1. The van der Waals surface area contributed by atoms with Crippen molar-refractivity contribution in [2.75, 3.05) is 20.3 Å². The first-order chi connectivity index (χ1) is 15.2. The van der Waals surface area contributed by atoms with Crippen LogP contribution in [0.5, 0.6) is 5.75 Å². The molecule has 1 aliphatic rings. The SMILES string of the molecule is COc1ccc(C=CCNC(=O)OCC2c3ccccc3-c3ccccc32)cc1C=O. The lowest BCUT2D eigenvalue weighted by Gasteiger charge is -2.14. The quantitative estimate of drug-likeness (QED) is 0.550. The molecule has 156 valence electrons. The summed E-state index contributed by atoms with van der Waals surface area (Å²) in [4.78, 5) is 23.3. The molecule has 5 nitrogen and oxygen atoms in total. The maximum absolute atomic E-state index is 12.2. The van der Waals surface area contributed by atoms with Crippen LogP contribution in [0.25, 0.3) is 17.2 Å². The minimum atomic E-state index is -0.463. The van der Waals surface area contributed by atoms with Gasteiger partial charge in [-0.05, 0) is 39.9 Å². The molecule has 0 heterocycles. The highest BCUT2D eigenvalue weighted by Crippen LogP contribution is 2.44. The van der Waals surface area contributed by atoms with Gasteiger partial charge in [-0.3, -0.25) is 4.79 Å². The summed E-state index contributed by atoms with van der Waals surface area (Å²) in [5, 5.41) is 2.73. The molecule has 5 heteroatoms. The van der Waals surface area contributed by atoms with Crippen LogP contribution in [0, 0.1) is 0 Å². The van der Waals surface area contributed by atoms with Crippen LogP contribution in [0.3, 0.4) is 0 Å². The van der Waals surface area contributed by atoms with Gasteiger partial charge >= 0.3 is 6.09 Å². The Kier molecular flexibility index (Phi) is 6.13. The van der Waals surface area contributed by atoms with E-state index in [2.05, 4.69) is 29.6 Å². The smallest absolute Gasteiger partial charge is 0.407 e. The number of hydrogen-bond donors (Lipinski definition) is 1. The van der Waals surface area contributed by atoms with Crippen molar-refractivity contribution >= 4 is 18.5 Å². The van der Waals surface area contributed by atoms with Crippen LogP contribution in [0.15, 0.2) is 72.8 Å². The topological polar surface area (TPSA) is 64.6 Å². The van der Waals surface area contributed by atoms with Crippen LogP contribution in [0.2, 0.25) is 0 Å². The van der Waals surface area contributed by atoms with Crippen molar-refractivity contribution in [3.8, 4) is 16.9 Å². The van der Waals surface area contributed by atoms with Gasteiger partial charge in [-0.15, -0.1) is 0 Å². The second-order valence-electron chi connectivity index (χ2n) is 7.23. The van der Waals surface area contributed by atoms with Crippen molar-refractivity contribution < 1.29 is 19.1 Å². The average Bonchev–Trinajstić information content (AvgIpc) is 3.14. The Morgan fingerprint density at radius 3 is 2.32 bits per heavy atom. The highest BCUT2D eigenvalue weighted by Gasteiger charge is 2.28. The van der Waals surface area contributed by atoms with Crippen LogP contribution in [0.1, 0.15) is 33.0 Å². The highest BCUT2D eigenvalue weighted by molar-refractivity contribution is 5.81. The predicted molar refractivity (Wildman–Crippen MR) is 120 cm³/mol. The van der Waals surface area contributed by atoms with E-state index in [1.54, 1.807) is 18.2 Å². The van der Waals surface area contributed by atoms with E-state index < -0.39 is 6.09 Å². The van der Waals surface area contributed by atoms with Crippen LogP contribution in [-0.2, 0) is 4.74 Å². The maximum atomic E-state index is 12.2. The second-order valence-corrected chi connectivity index (χ2v) is 7.23. The zero-order valence-electron chi connectivity index (χ0n) is 17.2. The van der Waals surface area contributed by atoms with Gasteiger partial charge in [-0.25, -0.2) is 4.79 Å². The predicted octanol–water partition coefficient (Wildman–Crippen LogP) is 5.06. The lowest BCUT2D eigenvalue weighted by atomic mass is 9.98. The summed E-state index contributed by atoms with van der Waals surface area (Å²) in [7, 11) is 1.52. The summed E-state index contributed by atoms with van der Waals surface area (Å²) in [6.45, 7) is 0.601. The number of carbonyl (C=O) groups excluding carboxylic acids is 2. The van der Waals surface area contributed by atoms with Gasteiger partial charge in [0, 0.05) is 12.5 Å². The van der Waals surface area contributed by atoms with E-state index in [9.17, 15) is 9.59 Å². The van der Waals surface area contributed by atoms with Crippen molar-refractivity contribution in [2.24, 2.45) is 0 Å². The summed E-state index contributed by atoms with van der Waals surface area (Å²) < 4.78 is 10.6. The molecule has 1 N–H and O–H groups in total. The second kappa shape index (κ2) is 9.30. The van der Waals surface area contributed by atoms with Crippen molar-refractivity contribution in [3.05, 3.63) is 95.1 Å². The molecule has 0 aromatic heterocycles. The van der Waals surface area contributed by atoms with E-state index in [0.717, 1.165) is 11.8 Å². The van der Waals surface area contributed by atoms with Crippen molar-refractivity contribution in [2.45, 2.75) is 5.92 Å². The van der Waals surface area contributed by atoms with Gasteiger partial charge in [-0.1, -0.05) is 66.7 Å². The molecule has 31 heavy (non-hydrogen) atoms. The van der Waals surface area contributed by atoms with Gasteiger partial charge in [0.05, 0.1) is 12.7 Å². The third-order valence-corrected chi connectivity index (χ3v) is 5.40. The van der Waals surface area contributed by atoms with E-state index in [-0.39, 0.29) is 12.5 Å². The van der Waals surface area contributed by atoms with Crippen molar-refractivity contribution in [1.82, 2.24) is 5.32 Å². The molecule has 1 aliphatic carbocycles. The first-order valence-electron chi connectivity index (χ1n) is 10.1. The third kappa shape index (κ3) is 4.36. The number of alkyl carbamates (subject to hydrolysis) is 1. The number of nitrogens with one attached hydrogen (secondary N) is 1. The van der Waals surface area contributed by atoms with E-state index in [4.69, 9.17) is 9.47 Å². The molecule has 0 saturated carbocycles. The zero-order valence-corrected chi connectivity index (χ0v) is 17.2. The molecule has 0 aliphatic heterocycles. The maximum Gasteiger partial charge on any atom is 0.407 e. The van der Waals surface area contributed by atoms with Crippen molar-refractivity contribution in [3.63, 3.8) is 0 Å². The Bertz CT molecular complexity index is 1090. The Hall–Kier alpha value is -3.86. The fraction of sp³-hybridized carbons (Fsp3) is 0.154. The number of carbonyl (C=O) groups is 2. The third-order valence-electron chi connectivity index (χ3n) is 5.40. The van der Waals surface area contributed by atoms with Crippen LogP contribution < -0.4 is 10.1 Å². The molecule has 0 atom stereocenters. The fourth-order valence-corrected chi connectivity index (χ4v) is 3.94. The van der Waals surface area contributed by atoms with Gasteiger partial charge in [0.25, 0.3) is 0 Å². The molecule has 0 spiro atoms. The molecule has 0 fully saturated rings. The molecular weight excluding hydrogens is 390 g/mol. The number of benzene rings is 3. The normalized spacial score (nSPS) is 12.3. The Labute approximate surface area is 181 Å². The van der Waals surface area contributed by atoms with Crippen LogP contribution in [0.4, 0.5) is 4.79 Å². The number of hydrogen-bond acceptors (Lipinski definition) is 4. The largest absolute Gasteiger partial charge is 0.496 e.